The van der Waals surface area contributed by atoms with Crippen molar-refractivity contribution in [1.82, 2.24) is 4.90 Å². The first-order valence-electron chi connectivity index (χ1n) is 7.85. The molecule has 24 heavy (non-hydrogen) atoms. The number of amides is 1. The summed E-state index contributed by atoms with van der Waals surface area (Å²) in [6.45, 7) is 8.03. The third-order valence-electron chi connectivity index (χ3n) is 3.62. The van der Waals surface area contributed by atoms with Crippen molar-refractivity contribution in [3.05, 3.63) is 23.8 Å². The Hall–Kier alpha value is -1.89. The zero-order chi connectivity index (χ0) is 17.9. The molecule has 0 saturated carbocycles. The summed E-state index contributed by atoms with van der Waals surface area (Å²) in [7, 11) is 1.35. The average Bonchev–Trinajstić information content (AvgIpc) is 2.52. The first-order valence-corrected chi connectivity index (χ1v) is 8.29. The van der Waals surface area contributed by atoms with Crippen molar-refractivity contribution >= 4 is 30.4 Å². The molecule has 1 fully saturated rings. The zero-order valence-electron chi connectivity index (χ0n) is 14.5. The van der Waals surface area contributed by atoms with Gasteiger partial charge < -0.3 is 19.3 Å². The predicted octanol–water partition coefficient (Wildman–Crippen LogP) is 2.82. The fourth-order valence-electron chi connectivity index (χ4n) is 2.49. The lowest BCUT2D eigenvalue weighted by molar-refractivity contribution is 0.0240. The van der Waals surface area contributed by atoms with E-state index in [1.165, 1.54) is 7.11 Å². The molecular formula is C17H24N2O4S. The Labute approximate surface area is 148 Å². The zero-order valence-corrected chi connectivity index (χ0v) is 15.4. The summed E-state index contributed by atoms with van der Waals surface area (Å²) in [5.74, 6) is -0.389. The quantitative estimate of drug-likeness (QED) is 0.655. The molecule has 0 spiro atoms. The number of piperazine rings is 1. The summed E-state index contributed by atoms with van der Waals surface area (Å²) in [6.07, 6.45) is -0.291. The van der Waals surface area contributed by atoms with Crippen molar-refractivity contribution in [1.29, 1.82) is 0 Å². The van der Waals surface area contributed by atoms with Gasteiger partial charge in [-0.15, -0.1) is 12.6 Å². The van der Waals surface area contributed by atoms with Gasteiger partial charge in [0.25, 0.3) is 0 Å². The van der Waals surface area contributed by atoms with E-state index in [1.807, 2.05) is 26.8 Å². The highest BCUT2D eigenvalue weighted by molar-refractivity contribution is 7.80. The SMILES string of the molecule is COC(=O)c1cc(S)cc(N2CCN(C(=O)OC(C)(C)C)CC2)c1. The molecule has 0 bridgehead atoms. The standard InChI is InChI=1S/C17H24N2O4S/c1-17(2,3)23-16(21)19-7-5-18(6-8-19)13-9-12(15(20)22-4)10-14(24)11-13/h9-11,24H,5-8H2,1-4H3. The number of carbonyl (C=O) groups excluding carboxylic acids is 2. The minimum absolute atomic E-state index is 0.291. The Morgan fingerprint density at radius 1 is 1.08 bits per heavy atom. The first-order chi connectivity index (χ1) is 11.2. The van der Waals surface area contributed by atoms with Gasteiger partial charge in [-0.1, -0.05) is 0 Å². The van der Waals surface area contributed by atoms with Crippen LogP contribution in [-0.2, 0) is 9.47 Å². The second kappa shape index (κ2) is 7.34. The molecule has 0 aromatic heterocycles. The Morgan fingerprint density at radius 3 is 2.25 bits per heavy atom. The number of thiol groups is 1. The summed E-state index contributed by atoms with van der Waals surface area (Å²) in [6, 6.07) is 5.36. The van der Waals surface area contributed by atoms with Gasteiger partial charge in [0.15, 0.2) is 0 Å². The molecule has 1 aromatic carbocycles. The van der Waals surface area contributed by atoms with E-state index in [9.17, 15) is 9.59 Å². The lowest BCUT2D eigenvalue weighted by Crippen LogP contribution is -2.50. The summed E-state index contributed by atoms with van der Waals surface area (Å²) in [5.41, 5.74) is 0.866. The van der Waals surface area contributed by atoms with Crippen LogP contribution in [-0.4, -0.2) is 55.9 Å². The molecule has 0 N–H and O–H groups in total. The van der Waals surface area contributed by atoms with E-state index in [2.05, 4.69) is 17.5 Å². The number of rotatable bonds is 2. The van der Waals surface area contributed by atoms with Gasteiger partial charge in [0.2, 0.25) is 0 Å². The maximum absolute atomic E-state index is 12.1. The van der Waals surface area contributed by atoms with E-state index in [-0.39, 0.29) is 12.1 Å². The number of hydrogen-bond donors (Lipinski definition) is 1. The molecular weight excluding hydrogens is 328 g/mol. The highest BCUT2D eigenvalue weighted by Gasteiger charge is 2.26. The van der Waals surface area contributed by atoms with E-state index in [0.717, 1.165) is 5.69 Å². The number of hydrogen-bond acceptors (Lipinski definition) is 6. The Kier molecular flexibility index (Phi) is 5.64. The number of anilines is 1. The van der Waals surface area contributed by atoms with Crippen LogP contribution < -0.4 is 4.90 Å². The molecule has 2 rings (SSSR count). The topological polar surface area (TPSA) is 59.1 Å². The molecule has 1 aromatic rings. The fourth-order valence-corrected chi connectivity index (χ4v) is 2.76. The smallest absolute Gasteiger partial charge is 0.410 e. The molecule has 1 heterocycles. The van der Waals surface area contributed by atoms with Crippen LogP contribution in [0.5, 0.6) is 0 Å². The monoisotopic (exact) mass is 352 g/mol. The molecule has 1 amide bonds. The number of ether oxygens (including phenoxy) is 2. The van der Waals surface area contributed by atoms with Crippen LogP contribution in [0.4, 0.5) is 10.5 Å². The third kappa shape index (κ3) is 4.80. The highest BCUT2D eigenvalue weighted by atomic mass is 32.1. The van der Waals surface area contributed by atoms with Crippen LogP contribution in [0, 0.1) is 0 Å². The second-order valence-corrected chi connectivity index (χ2v) is 7.20. The molecule has 1 aliphatic heterocycles. The molecule has 0 unspecified atom stereocenters. The largest absolute Gasteiger partial charge is 0.465 e. The number of esters is 1. The van der Waals surface area contributed by atoms with E-state index < -0.39 is 5.60 Å². The van der Waals surface area contributed by atoms with Gasteiger partial charge in [-0.25, -0.2) is 9.59 Å². The van der Waals surface area contributed by atoms with Gasteiger partial charge >= 0.3 is 12.1 Å². The van der Waals surface area contributed by atoms with E-state index in [0.29, 0.717) is 36.6 Å². The van der Waals surface area contributed by atoms with Crippen molar-refractivity contribution in [2.24, 2.45) is 0 Å². The van der Waals surface area contributed by atoms with Crippen molar-refractivity contribution in [2.75, 3.05) is 38.2 Å². The van der Waals surface area contributed by atoms with Crippen LogP contribution >= 0.6 is 12.6 Å². The van der Waals surface area contributed by atoms with E-state index >= 15 is 0 Å². The van der Waals surface area contributed by atoms with Gasteiger partial charge in [0.05, 0.1) is 12.7 Å². The van der Waals surface area contributed by atoms with Crippen LogP contribution in [0.2, 0.25) is 0 Å². The van der Waals surface area contributed by atoms with Crippen LogP contribution in [0.25, 0.3) is 0 Å². The number of benzene rings is 1. The van der Waals surface area contributed by atoms with E-state index in [4.69, 9.17) is 9.47 Å². The Balaban J connectivity index is 2.03. The molecule has 1 saturated heterocycles. The molecule has 132 valence electrons. The number of carbonyl (C=O) groups is 2. The summed E-state index contributed by atoms with van der Waals surface area (Å²) in [5, 5.41) is 0. The number of methoxy groups -OCH3 is 1. The maximum atomic E-state index is 12.1. The van der Waals surface area contributed by atoms with Crippen molar-refractivity contribution in [3.63, 3.8) is 0 Å². The van der Waals surface area contributed by atoms with Crippen molar-refractivity contribution in [3.8, 4) is 0 Å². The molecule has 0 atom stereocenters. The van der Waals surface area contributed by atoms with E-state index in [1.54, 1.807) is 17.0 Å². The summed E-state index contributed by atoms with van der Waals surface area (Å²) < 4.78 is 10.2. The maximum Gasteiger partial charge on any atom is 0.410 e. The highest BCUT2D eigenvalue weighted by Crippen LogP contribution is 2.23. The minimum atomic E-state index is -0.496. The Bertz CT molecular complexity index is 620. The predicted molar refractivity (Wildman–Crippen MR) is 95.1 cm³/mol. The minimum Gasteiger partial charge on any atom is -0.465 e. The van der Waals surface area contributed by atoms with Gasteiger partial charge in [-0.05, 0) is 39.0 Å². The van der Waals surface area contributed by atoms with Crippen LogP contribution in [0.1, 0.15) is 31.1 Å². The molecule has 0 aliphatic carbocycles. The van der Waals surface area contributed by atoms with Gasteiger partial charge in [0.1, 0.15) is 5.60 Å². The third-order valence-corrected chi connectivity index (χ3v) is 3.88. The van der Waals surface area contributed by atoms with Gasteiger partial charge in [-0.3, -0.25) is 0 Å². The van der Waals surface area contributed by atoms with Crippen LogP contribution in [0.3, 0.4) is 0 Å². The summed E-state index contributed by atoms with van der Waals surface area (Å²) in [4.78, 5) is 28.4. The second-order valence-electron chi connectivity index (χ2n) is 6.68. The molecule has 6 nitrogen and oxygen atoms in total. The normalized spacial score (nSPS) is 15.2. The van der Waals surface area contributed by atoms with Gasteiger partial charge in [-0.2, -0.15) is 0 Å². The fraction of sp³-hybridized carbons (Fsp3) is 0.529. The van der Waals surface area contributed by atoms with Gasteiger partial charge in [0, 0.05) is 36.8 Å². The Morgan fingerprint density at radius 2 is 1.71 bits per heavy atom. The lowest BCUT2D eigenvalue weighted by Gasteiger charge is -2.37. The molecule has 1 aliphatic rings. The number of nitrogens with zero attached hydrogens (tertiary/aromatic N) is 2. The van der Waals surface area contributed by atoms with Crippen LogP contribution in [0.15, 0.2) is 23.1 Å². The van der Waals surface area contributed by atoms with Crippen molar-refractivity contribution in [2.45, 2.75) is 31.3 Å². The first kappa shape index (κ1) is 18.4. The molecule has 7 heteroatoms. The summed E-state index contributed by atoms with van der Waals surface area (Å²) >= 11 is 4.35. The lowest BCUT2D eigenvalue weighted by atomic mass is 10.1. The average molecular weight is 352 g/mol. The molecule has 0 radical (unpaired) electrons. The van der Waals surface area contributed by atoms with Crippen molar-refractivity contribution < 1.29 is 19.1 Å².